The predicted octanol–water partition coefficient (Wildman–Crippen LogP) is 3.99. The van der Waals surface area contributed by atoms with Gasteiger partial charge in [-0.3, -0.25) is 4.79 Å². The van der Waals surface area contributed by atoms with Crippen molar-refractivity contribution in [2.45, 2.75) is 45.3 Å². The highest BCUT2D eigenvalue weighted by atomic mass is 16.5. The SMILES string of the molecule is CCC(Oc1ccc(OC)cc1)C(=O)NC(C)(C)Cc1ccccc1. The molecule has 1 atom stereocenters. The summed E-state index contributed by atoms with van der Waals surface area (Å²) in [5.74, 6) is 1.32. The summed E-state index contributed by atoms with van der Waals surface area (Å²) in [5.41, 5.74) is 0.840. The normalized spacial score (nSPS) is 12.3. The van der Waals surface area contributed by atoms with E-state index in [1.165, 1.54) is 5.56 Å². The summed E-state index contributed by atoms with van der Waals surface area (Å²) in [7, 11) is 1.62. The summed E-state index contributed by atoms with van der Waals surface area (Å²) in [6, 6.07) is 17.4. The van der Waals surface area contributed by atoms with Crippen LogP contribution < -0.4 is 14.8 Å². The Morgan fingerprint density at radius 3 is 2.20 bits per heavy atom. The fourth-order valence-electron chi connectivity index (χ4n) is 2.71. The number of hydrogen-bond acceptors (Lipinski definition) is 3. The molecule has 1 unspecified atom stereocenters. The van der Waals surface area contributed by atoms with E-state index in [2.05, 4.69) is 17.4 Å². The number of benzene rings is 2. The lowest BCUT2D eigenvalue weighted by molar-refractivity contribution is -0.129. The van der Waals surface area contributed by atoms with Gasteiger partial charge in [0.2, 0.25) is 0 Å². The van der Waals surface area contributed by atoms with Crippen LogP contribution in [0.1, 0.15) is 32.8 Å². The predicted molar refractivity (Wildman–Crippen MR) is 100 cm³/mol. The van der Waals surface area contributed by atoms with Gasteiger partial charge in [-0.15, -0.1) is 0 Å². The Morgan fingerprint density at radius 2 is 1.64 bits per heavy atom. The lowest BCUT2D eigenvalue weighted by atomic mass is 9.94. The number of carbonyl (C=O) groups excluding carboxylic acids is 1. The van der Waals surface area contributed by atoms with Crippen LogP contribution in [-0.2, 0) is 11.2 Å². The van der Waals surface area contributed by atoms with Crippen molar-refractivity contribution in [2.24, 2.45) is 0 Å². The lowest BCUT2D eigenvalue weighted by Gasteiger charge is -2.29. The third kappa shape index (κ3) is 5.82. The molecular formula is C21H27NO3. The van der Waals surface area contributed by atoms with Crippen molar-refractivity contribution in [1.29, 1.82) is 0 Å². The smallest absolute Gasteiger partial charge is 0.261 e. The maximum atomic E-state index is 12.6. The summed E-state index contributed by atoms with van der Waals surface area (Å²) < 4.78 is 11.0. The van der Waals surface area contributed by atoms with Crippen molar-refractivity contribution in [2.75, 3.05) is 7.11 Å². The van der Waals surface area contributed by atoms with Gasteiger partial charge in [-0.25, -0.2) is 0 Å². The minimum Gasteiger partial charge on any atom is -0.497 e. The second-order valence-electron chi connectivity index (χ2n) is 6.73. The van der Waals surface area contributed by atoms with Crippen LogP contribution in [-0.4, -0.2) is 24.7 Å². The van der Waals surface area contributed by atoms with Gasteiger partial charge in [-0.1, -0.05) is 37.3 Å². The Morgan fingerprint density at radius 1 is 1.04 bits per heavy atom. The number of nitrogens with one attached hydrogen (secondary N) is 1. The van der Waals surface area contributed by atoms with Crippen LogP contribution in [0.15, 0.2) is 54.6 Å². The van der Waals surface area contributed by atoms with Gasteiger partial charge in [0.1, 0.15) is 11.5 Å². The molecular weight excluding hydrogens is 314 g/mol. The maximum Gasteiger partial charge on any atom is 0.261 e. The number of rotatable bonds is 8. The third-order valence-corrected chi connectivity index (χ3v) is 3.95. The van der Waals surface area contributed by atoms with Crippen molar-refractivity contribution in [3.63, 3.8) is 0 Å². The summed E-state index contributed by atoms with van der Waals surface area (Å²) in [6.45, 7) is 5.99. The van der Waals surface area contributed by atoms with E-state index in [0.29, 0.717) is 12.2 Å². The Labute approximate surface area is 150 Å². The molecule has 1 amide bonds. The van der Waals surface area contributed by atoms with E-state index in [1.807, 2.05) is 63.2 Å². The van der Waals surface area contributed by atoms with Crippen molar-refractivity contribution >= 4 is 5.91 Å². The standard InChI is InChI=1S/C21H27NO3/c1-5-19(25-18-13-11-17(24-4)12-14-18)20(23)22-21(2,3)15-16-9-7-6-8-10-16/h6-14,19H,5,15H2,1-4H3,(H,22,23). The fraction of sp³-hybridized carbons (Fsp3) is 0.381. The first-order valence-corrected chi connectivity index (χ1v) is 8.60. The summed E-state index contributed by atoms with van der Waals surface area (Å²) in [6.07, 6.45) is 0.834. The molecule has 1 N–H and O–H groups in total. The number of hydrogen-bond donors (Lipinski definition) is 1. The minimum atomic E-state index is -0.525. The number of ether oxygens (including phenoxy) is 2. The molecule has 0 fully saturated rings. The molecule has 25 heavy (non-hydrogen) atoms. The molecule has 0 aliphatic heterocycles. The molecule has 0 aromatic heterocycles. The van der Waals surface area contributed by atoms with E-state index in [1.54, 1.807) is 7.11 Å². The van der Waals surface area contributed by atoms with Gasteiger partial charge >= 0.3 is 0 Å². The van der Waals surface area contributed by atoms with Crippen molar-refractivity contribution in [1.82, 2.24) is 5.32 Å². The number of amides is 1. The molecule has 2 aromatic rings. The molecule has 0 aliphatic rings. The molecule has 134 valence electrons. The van der Waals surface area contributed by atoms with E-state index in [4.69, 9.17) is 9.47 Å². The second-order valence-corrected chi connectivity index (χ2v) is 6.73. The van der Waals surface area contributed by atoms with Gasteiger partial charge in [0.25, 0.3) is 5.91 Å². The first-order valence-electron chi connectivity index (χ1n) is 8.60. The second kappa shape index (κ2) is 8.56. The van der Waals surface area contributed by atoms with E-state index < -0.39 is 6.10 Å². The molecule has 4 nitrogen and oxygen atoms in total. The van der Waals surface area contributed by atoms with E-state index in [9.17, 15) is 4.79 Å². The van der Waals surface area contributed by atoms with Crippen LogP contribution in [0.5, 0.6) is 11.5 Å². The molecule has 0 radical (unpaired) electrons. The molecule has 0 heterocycles. The van der Waals surface area contributed by atoms with Gasteiger partial charge in [0.15, 0.2) is 6.10 Å². The summed E-state index contributed by atoms with van der Waals surface area (Å²) in [5, 5.41) is 3.11. The maximum absolute atomic E-state index is 12.6. The topological polar surface area (TPSA) is 47.6 Å². The number of methoxy groups -OCH3 is 1. The van der Waals surface area contributed by atoms with Crippen LogP contribution in [0.25, 0.3) is 0 Å². The molecule has 0 saturated carbocycles. The van der Waals surface area contributed by atoms with Crippen molar-refractivity contribution < 1.29 is 14.3 Å². The highest BCUT2D eigenvalue weighted by molar-refractivity contribution is 5.81. The van der Waals surface area contributed by atoms with Gasteiger partial charge < -0.3 is 14.8 Å². The zero-order valence-corrected chi connectivity index (χ0v) is 15.4. The van der Waals surface area contributed by atoms with Crippen LogP contribution in [0.3, 0.4) is 0 Å². The monoisotopic (exact) mass is 341 g/mol. The molecule has 0 spiro atoms. The molecule has 2 aromatic carbocycles. The minimum absolute atomic E-state index is 0.0979. The molecule has 0 saturated heterocycles. The van der Waals surface area contributed by atoms with Crippen molar-refractivity contribution in [3.05, 3.63) is 60.2 Å². The summed E-state index contributed by atoms with van der Waals surface area (Å²) in [4.78, 5) is 12.6. The quantitative estimate of drug-likeness (QED) is 0.790. The van der Waals surface area contributed by atoms with Crippen LogP contribution >= 0.6 is 0 Å². The van der Waals surface area contributed by atoms with E-state index >= 15 is 0 Å². The van der Waals surface area contributed by atoms with Gasteiger partial charge in [-0.05, 0) is 56.5 Å². The average molecular weight is 341 g/mol. The highest BCUT2D eigenvalue weighted by Gasteiger charge is 2.26. The largest absolute Gasteiger partial charge is 0.497 e. The fourth-order valence-corrected chi connectivity index (χ4v) is 2.71. The van der Waals surface area contributed by atoms with Gasteiger partial charge in [0.05, 0.1) is 7.11 Å². The zero-order valence-electron chi connectivity index (χ0n) is 15.4. The number of carbonyl (C=O) groups is 1. The first kappa shape index (κ1) is 18.8. The van der Waals surface area contributed by atoms with Crippen LogP contribution in [0.2, 0.25) is 0 Å². The van der Waals surface area contributed by atoms with E-state index in [-0.39, 0.29) is 11.4 Å². The molecule has 0 aliphatic carbocycles. The molecule has 0 bridgehead atoms. The van der Waals surface area contributed by atoms with Crippen LogP contribution in [0, 0.1) is 0 Å². The Bertz CT molecular complexity index is 665. The lowest BCUT2D eigenvalue weighted by Crippen LogP contribution is -2.50. The van der Waals surface area contributed by atoms with Crippen molar-refractivity contribution in [3.8, 4) is 11.5 Å². The highest BCUT2D eigenvalue weighted by Crippen LogP contribution is 2.20. The average Bonchev–Trinajstić information content (AvgIpc) is 2.60. The third-order valence-electron chi connectivity index (χ3n) is 3.95. The molecule has 2 rings (SSSR count). The Hall–Kier alpha value is -2.49. The Kier molecular flexibility index (Phi) is 6.45. The first-order chi connectivity index (χ1) is 11.9. The van der Waals surface area contributed by atoms with Gasteiger partial charge in [-0.2, -0.15) is 0 Å². The molecule has 4 heteroatoms. The summed E-state index contributed by atoms with van der Waals surface area (Å²) >= 11 is 0. The van der Waals surface area contributed by atoms with E-state index in [0.717, 1.165) is 12.2 Å². The zero-order chi connectivity index (χ0) is 18.3. The van der Waals surface area contributed by atoms with Gasteiger partial charge in [0, 0.05) is 5.54 Å². The Balaban J connectivity index is 1.98. The van der Waals surface area contributed by atoms with Crippen LogP contribution in [0.4, 0.5) is 0 Å².